The minimum Gasteiger partial charge on any atom is -0.756 e. The first-order valence-corrected chi connectivity index (χ1v) is 13.7. The highest BCUT2D eigenvalue weighted by Gasteiger charge is 2.17. The number of hydroxylamine groups is 2. The van der Waals surface area contributed by atoms with Crippen LogP contribution in [0.5, 0.6) is 0 Å². The Labute approximate surface area is 215 Å². The molecule has 10 nitrogen and oxygen atoms in total. The molecule has 0 N–H and O–H groups in total. The summed E-state index contributed by atoms with van der Waals surface area (Å²) in [5.74, 6) is 0.357. The molecule has 0 unspecified atom stereocenters. The molecule has 0 spiro atoms. The Bertz CT molecular complexity index is 741. The molecule has 1 amide bonds. The van der Waals surface area contributed by atoms with Crippen LogP contribution in [0.15, 0.2) is 18.3 Å². The molecular weight excluding hydrogens is 462 g/mol. The van der Waals surface area contributed by atoms with E-state index in [0.29, 0.717) is 10.6 Å². The first-order valence-electron chi connectivity index (χ1n) is 13.7. The van der Waals surface area contributed by atoms with Crippen LogP contribution in [0.3, 0.4) is 0 Å². The third-order valence-electron chi connectivity index (χ3n) is 6.82. The van der Waals surface area contributed by atoms with Crippen LogP contribution in [0.25, 0.3) is 0 Å². The topological polar surface area (TPSA) is 115 Å². The SMILES string of the molecule is CCN1CCN(c2ccc(C(=O)N([O-])CCCCCCCCCCCCCCO[N+](=O)[O-])cn2)CC1. The molecule has 0 saturated carbocycles. The summed E-state index contributed by atoms with van der Waals surface area (Å²) in [7, 11) is 0. The lowest BCUT2D eigenvalue weighted by molar-refractivity contribution is -0.757. The monoisotopic (exact) mass is 506 g/mol. The van der Waals surface area contributed by atoms with Gasteiger partial charge >= 0.3 is 0 Å². The maximum atomic E-state index is 12.4. The van der Waals surface area contributed by atoms with Gasteiger partial charge in [-0.15, -0.1) is 10.1 Å². The van der Waals surface area contributed by atoms with Gasteiger partial charge in [-0.3, -0.25) is 4.79 Å². The van der Waals surface area contributed by atoms with Crippen molar-refractivity contribution < 1.29 is 14.7 Å². The number of carbonyl (C=O) groups excluding carboxylic acids is 1. The quantitative estimate of drug-likeness (QED) is 0.145. The second-order valence-electron chi connectivity index (χ2n) is 9.53. The highest BCUT2D eigenvalue weighted by Crippen LogP contribution is 2.16. The Hall–Kier alpha value is -2.46. The van der Waals surface area contributed by atoms with Crippen molar-refractivity contribution in [2.24, 2.45) is 0 Å². The van der Waals surface area contributed by atoms with Gasteiger partial charge < -0.3 is 24.9 Å². The van der Waals surface area contributed by atoms with Crippen LogP contribution >= 0.6 is 0 Å². The van der Waals surface area contributed by atoms with E-state index in [1.165, 1.54) is 38.3 Å². The van der Waals surface area contributed by atoms with Gasteiger partial charge in [0.05, 0.1) is 12.2 Å². The molecule has 0 aliphatic carbocycles. The fraction of sp³-hybridized carbons (Fsp3) is 0.769. The predicted octanol–water partition coefficient (Wildman–Crippen LogP) is 5.05. The summed E-state index contributed by atoms with van der Waals surface area (Å²) >= 11 is 0. The van der Waals surface area contributed by atoms with Gasteiger partial charge in [-0.05, 0) is 31.5 Å². The molecule has 0 aromatic carbocycles. The van der Waals surface area contributed by atoms with Crippen LogP contribution < -0.4 is 4.90 Å². The third-order valence-corrected chi connectivity index (χ3v) is 6.82. The number of carbonyl (C=O) groups is 1. The van der Waals surface area contributed by atoms with Crippen molar-refractivity contribution in [1.29, 1.82) is 0 Å². The average Bonchev–Trinajstić information content (AvgIpc) is 2.90. The minimum absolute atomic E-state index is 0.201. The van der Waals surface area contributed by atoms with E-state index in [2.05, 4.69) is 26.5 Å². The van der Waals surface area contributed by atoms with Gasteiger partial charge in [0.1, 0.15) is 5.82 Å². The van der Waals surface area contributed by atoms with E-state index >= 15 is 0 Å². The molecule has 1 saturated heterocycles. The molecular formula is C26H44N5O5-. The summed E-state index contributed by atoms with van der Waals surface area (Å²) in [5.41, 5.74) is 0.353. The van der Waals surface area contributed by atoms with Crippen molar-refractivity contribution in [2.75, 3.05) is 50.8 Å². The standard InChI is InChI=1S/C26H44N5O5/c1-2-28-18-20-29(21-19-28)25-16-15-24(23-27-25)26(32)30(33)17-13-11-9-7-5-3-4-6-8-10-12-14-22-36-31(34)35/h15-16,23H,2-14,17-22H2,1H3/q-1. The number of hydrogen-bond acceptors (Lipinski definition) is 8. The van der Waals surface area contributed by atoms with E-state index in [9.17, 15) is 20.1 Å². The van der Waals surface area contributed by atoms with Crippen LogP contribution in [-0.4, -0.2) is 71.8 Å². The van der Waals surface area contributed by atoms with Crippen molar-refractivity contribution in [3.05, 3.63) is 39.2 Å². The number of anilines is 1. The molecule has 0 radical (unpaired) electrons. The van der Waals surface area contributed by atoms with Crippen LogP contribution in [-0.2, 0) is 4.84 Å². The van der Waals surface area contributed by atoms with E-state index in [1.54, 1.807) is 6.07 Å². The second kappa shape index (κ2) is 17.9. The summed E-state index contributed by atoms with van der Waals surface area (Å²) < 4.78 is 0. The molecule has 36 heavy (non-hydrogen) atoms. The van der Waals surface area contributed by atoms with E-state index in [-0.39, 0.29) is 13.2 Å². The van der Waals surface area contributed by atoms with Crippen molar-refractivity contribution in [1.82, 2.24) is 14.9 Å². The number of hydrogen-bond donors (Lipinski definition) is 0. The Balaban J connectivity index is 1.45. The van der Waals surface area contributed by atoms with Crippen LogP contribution in [0.1, 0.15) is 94.3 Å². The van der Waals surface area contributed by atoms with Crippen LogP contribution in [0, 0.1) is 15.3 Å². The number of rotatable bonds is 19. The number of amides is 1. The number of likely N-dealkylation sites (N-methyl/N-ethyl adjacent to an activating group) is 1. The van der Waals surface area contributed by atoms with Gasteiger partial charge in [-0.25, -0.2) is 4.98 Å². The van der Waals surface area contributed by atoms with Gasteiger partial charge in [-0.1, -0.05) is 71.1 Å². The molecule has 0 atom stereocenters. The second-order valence-corrected chi connectivity index (χ2v) is 9.53. The minimum atomic E-state index is -0.733. The highest BCUT2D eigenvalue weighted by molar-refractivity contribution is 5.94. The number of nitrogens with zero attached hydrogens (tertiary/aromatic N) is 5. The lowest BCUT2D eigenvalue weighted by Gasteiger charge is -2.34. The first-order chi connectivity index (χ1) is 17.5. The summed E-state index contributed by atoms with van der Waals surface area (Å²) in [4.78, 5) is 35.8. The molecule has 1 aromatic rings. The largest absolute Gasteiger partial charge is 0.756 e. The van der Waals surface area contributed by atoms with Crippen molar-refractivity contribution in [3.63, 3.8) is 0 Å². The molecule has 0 bridgehead atoms. The Morgan fingerprint density at radius 3 is 2.00 bits per heavy atom. The number of unbranched alkanes of at least 4 members (excludes halogenated alkanes) is 11. The summed E-state index contributed by atoms with van der Waals surface area (Å²) in [6, 6.07) is 3.56. The smallest absolute Gasteiger partial charge is 0.294 e. The third kappa shape index (κ3) is 12.0. The molecule has 1 fully saturated rings. The lowest BCUT2D eigenvalue weighted by Crippen LogP contribution is -2.46. The molecule has 2 rings (SSSR count). The summed E-state index contributed by atoms with van der Waals surface area (Å²) in [6.45, 7) is 7.53. The molecule has 1 aliphatic rings. The zero-order chi connectivity index (χ0) is 26.0. The Morgan fingerprint density at radius 1 is 0.944 bits per heavy atom. The van der Waals surface area contributed by atoms with Gasteiger partial charge in [0.15, 0.2) is 0 Å². The number of pyridine rings is 1. The lowest BCUT2D eigenvalue weighted by atomic mass is 10.1. The molecule has 1 aromatic heterocycles. The van der Waals surface area contributed by atoms with Crippen molar-refractivity contribution >= 4 is 11.7 Å². The van der Waals surface area contributed by atoms with E-state index in [4.69, 9.17) is 0 Å². The zero-order valence-corrected chi connectivity index (χ0v) is 21.9. The fourth-order valence-electron chi connectivity index (χ4n) is 4.50. The Morgan fingerprint density at radius 2 is 1.50 bits per heavy atom. The average molecular weight is 507 g/mol. The molecule has 1 aliphatic heterocycles. The van der Waals surface area contributed by atoms with Gasteiger partial charge in [0.2, 0.25) is 5.91 Å². The fourth-order valence-corrected chi connectivity index (χ4v) is 4.50. The first kappa shape index (κ1) is 29.8. The van der Waals surface area contributed by atoms with Gasteiger partial charge in [0.25, 0.3) is 5.09 Å². The van der Waals surface area contributed by atoms with Gasteiger partial charge in [-0.2, -0.15) is 0 Å². The highest BCUT2D eigenvalue weighted by atomic mass is 16.9. The molecule has 2 heterocycles. The summed E-state index contributed by atoms with van der Waals surface area (Å²) in [6.07, 6.45) is 14.3. The molecule has 10 heteroatoms. The normalized spacial score (nSPS) is 14.1. The molecule has 204 valence electrons. The maximum absolute atomic E-state index is 12.4. The number of aromatic nitrogens is 1. The van der Waals surface area contributed by atoms with Crippen molar-refractivity contribution in [3.8, 4) is 0 Å². The van der Waals surface area contributed by atoms with E-state index < -0.39 is 11.0 Å². The zero-order valence-electron chi connectivity index (χ0n) is 21.9. The van der Waals surface area contributed by atoms with Crippen LogP contribution in [0.4, 0.5) is 5.82 Å². The summed E-state index contributed by atoms with van der Waals surface area (Å²) in [5, 5.41) is 22.1. The van der Waals surface area contributed by atoms with Crippen molar-refractivity contribution in [2.45, 2.75) is 84.0 Å². The predicted molar refractivity (Wildman–Crippen MR) is 141 cm³/mol. The maximum Gasteiger partial charge on any atom is 0.294 e. The Kier molecular flexibility index (Phi) is 14.8. The van der Waals surface area contributed by atoms with Gasteiger partial charge in [0, 0.05) is 38.9 Å². The van der Waals surface area contributed by atoms with E-state index in [0.717, 1.165) is 83.5 Å². The van der Waals surface area contributed by atoms with E-state index in [1.807, 2.05) is 6.07 Å². The van der Waals surface area contributed by atoms with Crippen LogP contribution in [0.2, 0.25) is 0 Å². The number of piperazine rings is 1.